The van der Waals surface area contributed by atoms with E-state index in [0.29, 0.717) is 19.5 Å². The molecule has 0 aliphatic carbocycles. The minimum atomic E-state index is -0.440. The van der Waals surface area contributed by atoms with Gasteiger partial charge in [0.25, 0.3) is 0 Å². The van der Waals surface area contributed by atoms with Crippen LogP contribution in [0.25, 0.3) is 0 Å². The van der Waals surface area contributed by atoms with E-state index in [4.69, 9.17) is 0 Å². The fourth-order valence-electron chi connectivity index (χ4n) is 1.83. The summed E-state index contributed by atoms with van der Waals surface area (Å²) < 4.78 is 0. The molecule has 1 aromatic rings. The summed E-state index contributed by atoms with van der Waals surface area (Å²) in [6, 6.07) is 9.93. The predicted octanol–water partition coefficient (Wildman–Crippen LogP) is 1.17. The molecule has 0 saturated carbocycles. The van der Waals surface area contributed by atoms with Crippen molar-refractivity contribution in [1.82, 2.24) is 4.90 Å². The lowest BCUT2D eigenvalue weighted by atomic mass is 10.1. The molecular formula is C12H15NO2. The molecule has 3 nitrogen and oxygen atoms in total. The summed E-state index contributed by atoms with van der Waals surface area (Å²) in [5.74, 6) is 0.0533. The van der Waals surface area contributed by atoms with E-state index in [-0.39, 0.29) is 12.3 Å². The highest BCUT2D eigenvalue weighted by atomic mass is 16.3. The molecule has 80 valence electrons. The highest BCUT2D eigenvalue weighted by Gasteiger charge is 2.23. The number of amides is 1. The Morgan fingerprint density at radius 2 is 2.07 bits per heavy atom. The zero-order chi connectivity index (χ0) is 10.7. The van der Waals surface area contributed by atoms with Crippen molar-refractivity contribution in [3.05, 3.63) is 35.9 Å². The van der Waals surface area contributed by atoms with Crippen LogP contribution in [0.5, 0.6) is 0 Å². The average Bonchev–Trinajstić information content (AvgIpc) is 2.24. The Morgan fingerprint density at radius 1 is 1.33 bits per heavy atom. The highest BCUT2D eigenvalue weighted by Crippen LogP contribution is 2.14. The van der Waals surface area contributed by atoms with Crippen LogP contribution in [-0.2, 0) is 11.3 Å². The Bertz CT molecular complexity index is 337. The lowest BCUT2D eigenvalue weighted by Crippen LogP contribution is -2.40. The first-order chi connectivity index (χ1) is 7.25. The van der Waals surface area contributed by atoms with Gasteiger partial charge in [0.2, 0.25) is 5.91 Å². The van der Waals surface area contributed by atoms with Gasteiger partial charge in [-0.25, -0.2) is 0 Å². The van der Waals surface area contributed by atoms with Crippen LogP contribution in [-0.4, -0.2) is 28.6 Å². The van der Waals surface area contributed by atoms with Crippen LogP contribution in [0.1, 0.15) is 18.4 Å². The molecule has 0 spiro atoms. The third kappa shape index (κ3) is 2.57. The molecule has 0 radical (unpaired) electrons. The average molecular weight is 205 g/mol. The molecule has 2 rings (SSSR count). The summed E-state index contributed by atoms with van der Waals surface area (Å²) in [6.07, 6.45) is 0.523. The lowest BCUT2D eigenvalue weighted by Gasteiger charge is -2.29. The van der Waals surface area contributed by atoms with Crippen LogP contribution >= 0.6 is 0 Å². The van der Waals surface area contributed by atoms with Crippen LogP contribution in [0.2, 0.25) is 0 Å². The largest absolute Gasteiger partial charge is 0.393 e. The van der Waals surface area contributed by atoms with Crippen molar-refractivity contribution in [2.45, 2.75) is 25.5 Å². The van der Waals surface area contributed by atoms with E-state index in [1.165, 1.54) is 0 Å². The van der Waals surface area contributed by atoms with E-state index < -0.39 is 6.10 Å². The maximum absolute atomic E-state index is 11.6. The number of aliphatic hydroxyl groups excluding tert-OH is 1. The van der Waals surface area contributed by atoms with Crippen molar-refractivity contribution in [2.24, 2.45) is 0 Å². The summed E-state index contributed by atoms with van der Waals surface area (Å²) in [4.78, 5) is 13.4. The molecule has 3 heteroatoms. The number of carbonyl (C=O) groups excluding carboxylic acids is 1. The molecule has 1 fully saturated rings. The second-order valence-electron chi connectivity index (χ2n) is 3.95. The number of nitrogens with zero attached hydrogens (tertiary/aromatic N) is 1. The van der Waals surface area contributed by atoms with Gasteiger partial charge in [0.05, 0.1) is 12.5 Å². The van der Waals surface area contributed by atoms with Crippen LogP contribution in [0.4, 0.5) is 0 Å². The third-order valence-electron chi connectivity index (χ3n) is 2.71. The molecular weight excluding hydrogens is 190 g/mol. The molecule has 1 aromatic carbocycles. The number of rotatable bonds is 2. The molecule has 1 atom stereocenters. The van der Waals surface area contributed by atoms with Crippen molar-refractivity contribution in [1.29, 1.82) is 0 Å². The minimum absolute atomic E-state index is 0.0533. The van der Waals surface area contributed by atoms with Crippen molar-refractivity contribution in [3.63, 3.8) is 0 Å². The van der Waals surface area contributed by atoms with E-state index in [1.54, 1.807) is 0 Å². The summed E-state index contributed by atoms with van der Waals surface area (Å²) in [6.45, 7) is 1.32. The third-order valence-corrected chi connectivity index (χ3v) is 2.71. The fraction of sp³-hybridized carbons (Fsp3) is 0.417. The van der Waals surface area contributed by atoms with Crippen LogP contribution in [0.15, 0.2) is 30.3 Å². The standard InChI is InChI=1S/C12H15NO2/c14-11-6-7-13(12(15)8-11)9-10-4-2-1-3-5-10/h1-5,11,14H,6-9H2/t11-/m1/s1. The number of hydrogen-bond donors (Lipinski definition) is 1. The number of benzene rings is 1. The highest BCUT2D eigenvalue weighted by molar-refractivity contribution is 5.77. The van der Waals surface area contributed by atoms with E-state index >= 15 is 0 Å². The van der Waals surface area contributed by atoms with Gasteiger partial charge in [0.15, 0.2) is 0 Å². The summed E-state index contributed by atoms with van der Waals surface area (Å²) in [7, 11) is 0. The Labute approximate surface area is 89.3 Å². The second kappa shape index (κ2) is 4.45. The Morgan fingerprint density at radius 3 is 2.73 bits per heavy atom. The normalized spacial score (nSPS) is 21.8. The van der Waals surface area contributed by atoms with Crippen LogP contribution < -0.4 is 0 Å². The van der Waals surface area contributed by atoms with Crippen molar-refractivity contribution in [3.8, 4) is 0 Å². The van der Waals surface area contributed by atoms with E-state index in [2.05, 4.69) is 0 Å². The molecule has 1 saturated heterocycles. The van der Waals surface area contributed by atoms with Gasteiger partial charge in [-0.1, -0.05) is 30.3 Å². The van der Waals surface area contributed by atoms with Gasteiger partial charge in [-0.15, -0.1) is 0 Å². The van der Waals surface area contributed by atoms with Gasteiger partial charge in [-0.05, 0) is 12.0 Å². The van der Waals surface area contributed by atoms with Gasteiger partial charge in [-0.3, -0.25) is 4.79 Å². The molecule has 1 amide bonds. The smallest absolute Gasteiger partial charge is 0.225 e. The maximum Gasteiger partial charge on any atom is 0.225 e. The SMILES string of the molecule is O=C1C[C@H](O)CCN1Cc1ccccc1. The van der Waals surface area contributed by atoms with E-state index in [9.17, 15) is 9.90 Å². The molecule has 15 heavy (non-hydrogen) atoms. The number of likely N-dealkylation sites (tertiary alicyclic amines) is 1. The molecule has 0 bridgehead atoms. The van der Waals surface area contributed by atoms with Crippen molar-refractivity contribution in [2.75, 3.05) is 6.54 Å². The van der Waals surface area contributed by atoms with Crippen molar-refractivity contribution >= 4 is 5.91 Å². The second-order valence-corrected chi connectivity index (χ2v) is 3.95. The quantitative estimate of drug-likeness (QED) is 0.787. The first-order valence-corrected chi connectivity index (χ1v) is 5.25. The van der Waals surface area contributed by atoms with Gasteiger partial charge >= 0.3 is 0 Å². The Balaban J connectivity index is 1.98. The van der Waals surface area contributed by atoms with Crippen LogP contribution in [0.3, 0.4) is 0 Å². The molecule has 1 aliphatic heterocycles. The fourth-order valence-corrected chi connectivity index (χ4v) is 1.83. The number of piperidine rings is 1. The van der Waals surface area contributed by atoms with Gasteiger partial charge in [-0.2, -0.15) is 0 Å². The Kier molecular flexibility index (Phi) is 3.02. The van der Waals surface area contributed by atoms with Gasteiger partial charge < -0.3 is 10.0 Å². The number of carbonyl (C=O) groups is 1. The monoisotopic (exact) mass is 205 g/mol. The van der Waals surface area contributed by atoms with Gasteiger partial charge in [0.1, 0.15) is 0 Å². The summed E-state index contributed by atoms with van der Waals surface area (Å²) in [5, 5.41) is 9.32. The lowest BCUT2D eigenvalue weighted by molar-refractivity contribution is -0.137. The summed E-state index contributed by atoms with van der Waals surface area (Å²) in [5.41, 5.74) is 1.14. The van der Waals surface area contributed by atoms with Gasteiger partial charge in [0, 0.05) is 13.1 Å². The van der Waals surface area contributed by atoms with E-state index in [0.717, 1.165) is 5.56 Å². The zero-order valence-corrected chi connectivity index (χ0v) is 8.60. The number of hydrogen-bond acceptors (Lipinski definition) is 2. The molecule has 1 aliphatic rings. The predicted molar refractivity (Wildman–Crippen MR) is 57.1 cm³/mol. The zero-order valence-electron chi connectivity index (χ0n) is 8.60. The summed E-state index contributed by atoms with van der Waals surface area (Å²) >= 11 is 0. The molecule has 0 aromatic heterocycles. The minimum Gasteiger partial charge on any atom is -0.393 e. The van der Waals surface area contributed by atoms with Crippen LogP contribution in [0, 0.1) is 0 Å². The molecule has 1 heterocycles. The Hall–Kier alpha value is -1.35. The van der Waals surface area contributed by atoms with Crippen molar-refractivity contribution < 1.29 is 9.90 Å². The van der Waals surface area contributed by atoms with E-state index in [1.807, 2.05) is 35.2 Å². The maximum atomic E-state index is 11.6. The first-order valence-electron chi connectivity index (χ1n) is 5.25. The first kappa shape index (κ1) is 10.2. The number of aliphatic hydroxyl groups is 1. The molecule has 1 N–H and O–H groups in total. The molecule has 0 unspecified atom stereocenters. The topological polar surface area (TPSA) is 40.5 Å².